The summed E-state index contributed by atoms with van der Waals surface area (Å²) >= 11 is 0. The van der Waals surface area contributed by atoms with E-state index in [0.717, 1.165) is 34.2 Å². The van der Waals surface area contributed by atoms with Gasteiger partial charge >= 0.3 is 0 Å². The minimum absolute atomic E-state index is 0.0817. The van der Waals surface area contributed by atoms with Crippen LogP contribution in [0.4, 0.5) is 8.78 Å². The van der Waals surface area contributed by atoms with Crippen LogP contribution in [-0.2, 0) is 21.2 Å². The van der Waals surface area contributed by atoms with E-state index in [1.807, 2.05) is 25.1 Å². The number of hydrogen-bond acceptors (Lipinski definition) is 4. The molecule has 4 rings (SSSR count). The Labute approximate surface area is 172 Å². The minimum atomic E-state index is -3.96. The Morgan fingerprint density at radius 1 is 1.03 bits per heavy atom. The monoisotopic (exact) mass is 434 g/mol. The van der Waals surface area contributed by atoms with E-state index in [4.69, 9.17) is 4.42 Å². The molecular formula is C21H20F2N2O4S. The molecule has 0 N–H and O–H groups in total. The number of aryl methyl sites for hydroxylation is 1. The van der Waals surface area contributed by atoms with E-state index < -0.39 is 21.7 Å². The van der Waals surface area contributed by atoms with Gasteiger partial charge in [-0.05, 0) is 36.8 Å². The SMILES string of the molecule is Cc1ccc2c(CC(=O)N3CCN(S(=O)(=O)c4ccc(F)c(F)c4)CC3)coc2c1. The van der Waals surface area contributed by atoms with Crippen molar-refractivity contribution in [1.29, 1.82) is 0 Å². The van der Waals surface area contributed by atoms with Crippen molar-refractivity contribution >= 4 is 26.9 Å². The van der Waals surface area contributed by atoms with Crippen LogP contribution in [-0.4, -0.2) is 49.7 Å². The number of halogens is 2. The predicted octanol–water partition coefficient (Wildman–Crippen LogP) is 3.10. The molecule has 9 heteroatoms. The number of nitrogens with zero attached hydrogens (tertiary/aromatic N) is 2. The molecule has 1 saturated heterocycles. The quantitative estimate of drug-likeness (QED) is 0.633. The number of amides is 1. The molecule has 0 unspecified atom stereocenters. The first-order valence-corrected chi connectivity index (χ1v) is 10.9. The number of carbonyl (C=O) groups is 1. The molecule has 0 spiro atoms. The Bertz CT molecular complexity index is 1210. The summed E-state index contributed by atoms with van der Waals surface area (Å²) in [5.74, 6) is -2.44. The molecule has 0 bridgehead atoms. The van der Waals surface area contributed by atoms with Gasteiger partial charge in [0.2, 0.25) is 15.9 Å². The maximum atomic E-state index is 13.4. The molecule has 2 heterocycles. The average Bonchev–Trinajstić information content (AvgIpc) is 3.11. The van der Waals surface area contributed by atoms with Crippen molar-refractivity contribution in [3.05, 3.63) is 65.4 Å². The molecule has 3 aromatic rings. The van der Waals surface area contributed by atoms with E-state index in [0.29, 0.717) is 6.07 Å². The molecular weight excluding hydrogens is 414 g/mol. The van der Waals surface area contributed by atoms with Crippen LogP contribution in [0.2, 0.25) is 0 Å². The smallest absolute Gasteiger partial charge is 0.243 e. The van der Waals surface area contributed by atoms with Gasteiger partial charge in [0.1, 0.15) is 5.58 Å². The Morgan fingerprint density at radius 3 is 2.47 bits per heavy atom. The van der Waals surface area contributed by atoms with Crippen LogP contribution in [0.15, 0.2) is 52.0 Å². The Balaban J connectivity index is 1.42. The highest BCUT2D eigenvalue weighted by molar-refractivity contribution is 7.89. The number of rotatable bonds is 4. The van der Waals surface area contributed by atoms with E-state index in [1.54, 1.807) is 11.2 Å². The van der Waals surface area contributed by atoms with Gasteiger partial charge in [-0.1, -0.05) is 12.1 Å². The first-order chi connectivity index (χ1) is 14.3. The van der Waals surface area contributed by atoms with E-state index in [-0.39, 0.29) is 43.4 Å². The number of hydrogen-bond donors (Lipinski definition) is 0. The summed E-state index contributed by atoms with van der Waals surface area (Å²) < 4.78 is 58.6. The third kappa shape index (κ3) is 3.82. The van der Waals surface area contributed by atoms with Crippen molar-refractivity contribution in [2.45, 2.75) is 18.2 Å². The third-order valence-corrected chi connectivity index (χ3v) is 7.17. The normalized spacial score (nSPS) is 15.6. The number of sulfonamides is 1. The van der Waals surface area contributed by atoms with Gasteiger partial charge in [-0.25, -0.2) is 17.2 Å². The van der Waals surface area contributed by atoms with Crippen LogP contribution in [0.5, 0.6) is 0 Å². The molecule has 158 valence electrons. The predicted molar refractivity (Wildman–Crippen MR) is 106 cm³/mol. The van der Waals surface area contributed by atoms with Crippen LogP contribution in [0.3, 0.4) is 0 Å². The molecule has 2 aromatic carbocycles. The van der Waals surface area contributed by atoms with Crippen molar-refractivity contribution < 1.29 is 26.4 Å². The standard InChI is InChI=1S/C21H20F2N2O4S/c1-14-2-4-17-15(13-29-20(17)10-14)11-21(26)24-6-8-25(9-7-24)30(27,28)16-3-5-18(22)19(23)12-16/h2-5,10,12-13H,6-9,11H2,1H3. The van der Waals surface area contributed by atoms with E-state index in [2.05, 4.69) is 0 Å². The largest absolute Gasteiger partial charge is 0.464 e. The maximum Gasteiger partial charge on any atom is 0.243 e. The molecule has 1 aliphatic heterocycles. The second kappa shape index (κ2) is 7.81. The van der Waals surface area contributed by atoms with Crippen molar-refractivity contribution in [2.75, 3.05) is 26.2 Å². The lowest BCUT2D eigenvalue weighted by Crippen LogP contribution is -2.50. The fourth-order valence-corrected chi connectivity index (χ4v) is 5.00. The van der Waals surface area contributed by atoms with Crippen molar-refractivity contribution in [3.8, 4) is 0 Å². The second-order valence-corrected chi connectivity index (χ2v) is 9.24. The Kier molecular flexibility index (Phi) is 5.33. The van der Waals surface area contributed by atoms with Gasteiger partial charge in [0, 0.05) is 37.1 Å². The van der Waals surface area contributed by atoms with Crippen LogP contribution >= 0.6 is 0 Å². The van der Waals surface area contributed by atoms with Crippen molar-refractivity contribution in [3.63, 3.8) is 0 Å². The van der Waals surface area contributed by atoms with Gasteiger partial charge in [0.15, 0.2) is 11.6 Å². The summed E-state index contributed by atoms with van der Waals surface area (Å²) in [6, 6.07) is 8.28. The number of carbonyl (C=O) groups excluding carboxylic acids is 1. The van der Waals surface area contributed by atoms with E-state index in [1.165, 1.54) is 4.31 Å². The second-order valence-electron chi connectivity index (χ2n) is 7.30. The zero-order valence-corrected chi connectivity index (χ0v) is 17.1. The topological polar surface area (TPSA) is 70.8 Å². The molecule has 0 radical (unpaired) electrons. The van der Waals surface area contributed by atoms with Crippen LogP contribution < -0.4 is 0 Å². The van der Waals surface area contributed by atoms with Gasteiger partial charge in [-0.3, -0.25) is 4.79 Å². The summed E-state index contributed by atoms with van der Waals surface area (Å²) in [7, 11) is -3.96. The first-order valence-electron chi connectivity index (χ1n) is 9.45. The van der Waals surface area contributed by atoms with Crippen LogP contribution in [0, 0.1) is 18.6 Å². The fraction of sp³-hybridized carbons (Fsp3) is 0.286. The first kappa shape index (κ1) is 20.5. The molecule has 1 fully saturated rings. The Morgan fingerprint density at radius 2 is 1.77 bits per heavy atom. The molecule has 1 aromatic heterocycles. The summed E-state index contributed by atoms with van der Waals surface area (Å²) in [6.45, 7) is 2.56. The van der Waals surface area contributed by atoms with Gasteiger partial charge in [-0.15, -0.1) is 0 Å². The number of benzene rings is 2. The number of furan rings is 1. The highest BCUT2D eigenvalue weighted by Crippen LogP contribution is 2.24. The summed E-state index contributed by atoms with van der Waals surface area (Å²) in [4.78, 5) is 14.0. The highest BCUT2D eigenvalue weighted by Gasteiger charge is 2.31. The molecule has 6 nitrogen and oxygen atoms in total. The average molecular weight is 434 g/mol. The molecule has 0 atom stereocenters. The minimum Gasteiger partial charge on any atom is -0.464 e. The molecule has 1 amide bonds. The molecule has 0 aliphatic carbocycles. The number of fused-ring (bicyclic) bond motifs is 1. The van der Waals surface area contributed by atoms with Crippen molar-refractivity contribution in [1.82, 2.24) is 9.21 Å². The maximum absolute atomic E-state index is 13.4. The lowest BCUT2D eigenvalue weighted by Gasteiger charge is -2.34. The lowest BCUT2D eigenvalue weighted by molar-refractivity contribution is -0.131. The zero-order chi connectivity index (χ0) is 21.5. The summed E-state index contributed by atoms with van der Waals surface area (Å²) in [5, 5.41) is 0.883. The van der Waals surface area contributed by atoms with Crippen molar-refractivity contribution in [2.24, 2.45) is 0 Å². The zero-order valence-electron chi connectivity index (χ0n) is 16.3. The van der Waals surface area contributed by atoms with Gasteiger partial charge in [0.05, 0.1) is 17.6 Å². The Hall–Kier alpha value is -2.78. The van der Waals surface area contributed by atoms with E-state index in [9.17, 15) is 22.0 Å². The molecule has 1 aliphatic rings. The highest BCUT2D eigenvalue weighted by atomic mass is 32.2. The van der Waals surface area contributed by atoms with Gasteiger partial charge < -0.3 is 9.32 Å². The molecule has 30 heavy (non-hydrogen) atoms. The van der Waals surface area contributed by atoms with Gasteiger partial charge in [0.25, 0.3) is 0 Å². The van der Waals surface area contributed by atoms with Crippen LogP contribution in [0.1, 0.15) is 11.1 Å². The van der Waals surface area contributed by atoms with Gasteiger partial charge in [-0.2, -0.15) is 4.31 Å². The molecule has 0 saturated carbocycles. The van der Waals surface area contributed by atoms with E-state index >= 15 is 0 Å². The lowest BCUT2D eigenvalue weighted by atomic mass is 10.1. The fourth-order valence-electron chi connectivity index (χ4n) is 3.57. The summed E-state index contributed by atoms with van der Waals surface area (Å²) in [6.07, 6.45) is 1.73. The summed E-state index contributed by atoms with van der Waals surface area (Å²) in [5.41, 5.74) is 2.57. The third-order valence-electron chi connectivity index (χ3n) is 5.27. The van der Waals surface area contributed by atoms with Crippen LogP contribution in [0.25, 0.3) is 11.0 Å². The number of piperazine rings is 1.